The maximum atomic E-state index is 6.23. The first-order valence-corrected chi connectivity index (χ1v) is 8.20. The zero-order valence-corrected chi connectivity index (χ0v) is 13.7. The summed E-state index contributed by atoms with van der Waals surface area (Å²) in [6, 6.07) is 0. The fourth-order valence-corrected chi connectivity index (χ4v) is 2.78. The Hall–Kier alpha value is -0.910. The molecular formula is C15H24ClN5. The molecule has 2 fully saturated rings. The number of piperazine rings is 1. The van der Waals surface area contributed by atoms with Crippen molar-refractivity contribution < 1.29 is 0 Å². The van der Waals surface area contributed by atoms with Crippen molar-refractivity contribution in [2.45, 2.75) is 25.7 Å². The third-order valence-electron chi connectivity index (χ3n) is 4.36. The van der Waals surface area contributed by atoms with Gasteiger partial charge >= 0.3 is 0 Å². The molecule has 1 aliphatic heterocycles. The van der Waals surface area contributed by atoms with Gasteiger partial charge in [-0.2, -0.15) is 0 Å². The first kappa shape index (κ1) is 15.0. The maximum Gasteiger partial charge on any atom is 0.137 e. The highest BCUT2D eigenvalue weighted by atomic mass is 35.5. The van der Waals surface area contributed by atoms with Gasteiger partial charge in [0.1, 0.15) is 16.8 Å². The van der Waals surface area contributed by atoms with Gasteiger partial charge in [0.25, 0.3) is 0 Å². The number of hydrogen-bond donors (Lipinski definition) is 1. The van der Waals surface area contributed by atoms with E-state index in [0.29, 0.717) is 11.1 Å². The van der Waals surface area contributed by atoms with Crippen LogP contribution in [-0.2, 0) is 0 Å². The highest BCUT2D eigenvalue weighted by Crippen LogP contribution is 2.39. The summed E-state index contributed by atoms with van der Waals surface area (Å²) >= 11 is 6.23. The van der Waals surface area contributed by atoms with Crippen LogP contribution in [0, 0.1) is 6.92 Å². The second kappa shape index (κ2) is 6.46. The number of hydrogen-bond acceptors (Lipinski definition) is 5. The summed E-state index contributed by atoms with van der Waals surface area (Å²) in [7, 11) is 2.18. The Kier molecular flexibility index (Phi) is 4.62. The molecule has 0 unspecified atom stereocenters. The largest absolute Gasteiger partial charge is 0.368 e. The van der Waals surface area contributed by atoms with E-state index in [-0.39, 0.29) is 0 Å². The average Bonchev–Trinajstić information content (AvgIpc) is 3.30. The molecular weight excluding hydrogens is 286 g/mol. The third kappa shape index (κ3) is 3.84. The Balaban J connectivity index is 1.55. The normalized spacial score (nSPS) is 20.7. The summed E-state index contributed by atoms with van der Waals surface area (Å²) in [4.78, 5) is 13.9. The second-order valence-electron chi connectivity index (χ2n) is 6.19. The van der Waals surface area contributed by atoms with Crippen molar-refractivity contribution in [3.8, 4) is 0 Å². The van der Waals surface area contributed by atoms with Crippen LogP contribution in [0.25, 0.3) is 0 Å². The fraction of sp³-hybridized carbons (Fsp3) is 0.733. The number of halogens is 1. The van der Waals surface area contributed by atoms with Crippen LogP contribution in [0.1, 0.15) is 30.1 Å². The van der Waals surface area contributed by atoms with Crippen LogP contribution >= 0.6 is 11.6 Å². The van der Waals surface area contributed by atoms with E-state index in [0.717, 1.165) is 56.5 Å². The van der Waals surface area contributed by atoms with E-state index in [1.165, 1.54) is 12.8 Å². The Morgan fingerprint density at radius 3 is 2.57 bits per heavy atom. The zero-order chi connectivity index (χ0) is 14.8. The number of aromatic nitrogens is 2. The third-order valence-corrected chi connectivity index (χ3v) is 4.73. The van der Waals surface area contributed by atoms with E-state index < -0.39 is 0 Å². The molecule has 5 nitrogen and oxygen atoms in total. The van der Waals surface area contributed by atoms with Crippen molar-refractivity contribution in [3.05, 3.63) is 16.5 Å². The summed E-state index contributed by atoms with van der Waals surface area (Å²) in [6.45, 7) is 8.55. The van der Waals surface area contributed by atoms with Gasteiger partial charge in [-0.1, -0.05) is 11.6 Å². The first-order chi connectivity index (χ1) is 10.1. The number of nitrogens with one attached hydrogen (secondary N) is 1. The molecule has 1 N–H and O–H groups in total. The Morgan fingerprint density at radius 1 is 1.19 bits per heavy atom. The molecule has 0 amide bonds. The van der Waals surface area contributed by atoms with Crippen molar-refractivity contribution in [3.63, 3.8) is 0 Å². The molecule has 1 saturated carbocycles. The zero-order valence-electron chi connectivity index (χ0n) is 12.9. The molecule has 0 atom stereocenters. The predicted octanol–water partition coefficient (Wildman–Crippen LogP) is 1.98. The Bertz CT molecular complexity index is 495. The molecule has 3 rings (SSSR count). The van der Waals surface area contributed by atoms with Crippen LogP contribution in [0.3, 0.4) is 0 Å². The van der Waals surface area contributed by atoms with Crippen molar-refractivity contribution in [2.75, 3.05) is 51.6 Å². The lowest BCUT2D eigenvalue weighted by Gasteiger charge is -2.32. The van der Waals surface area contributed by atoms with Crippen LogP contribution in [0.2, 0.25) is 5.15 Å². The lowest BCUT2D eigenvalue weighted by atomic mass is 10.3. The maximum absolute atomic E-state index is 6.23. The summed E-state index contributed by atoms with van der Waals surface area (Å²) in [5.41, 5.74) is 0.958. The predicted molar refractivity (Wildman–Crippen MR) is 86.2 cm³/mol. The molecule has 0 bridgehead atoms. The monoisotopic (exact) mass is 309 g/mol. The molecule has 2 aliphatic rings. The van der Waals surface area contributed by atoms with Gasteiger partial charge in [-0.3, -0.25) is 4.90 Å². The summed E-state index contributed by atoms with van der Waals surface area (Å²) in [5, 5.41) is 4.04. The minimum absolute atomic E-state index is 0.529. The highest BCUT2D eigenvalue weighted by Gasteiger charge is 2.28. The molecule has 1 aromatic rings. The molecule has 21 heavy (non-hydrogen) atoms. The van der Waals surface area contributed by atoms with Crippen molar-refractivity contribution >= 4 is 17.4 Å². The number of likely N-dealkylation sites (N-methyl/N-ethyl adjacent to an activating group) is 1. The van der Waals surface area contributed by atoms with Gasteiger partial charge < -0.3 is 10.2 Å². The highest BCUT2D eigenvalue weighted by molar-refractivity contribution is 6.30. The number of rotatable bonds is 5. The fourth-order valence-electron chi connectivity index (χ4n) is 2.61. The summed E-state index contributed by atoms with van der Waals surface area (Å²) < 4.78 is 0. The van der Waals surface area contributed by atoms with Crippen LogP contribution in [0.15, 0.2) is 0 Å². The topological polar surface area (TPSA) is 44.3 Å². The van der Waals surface area contributed by atoms with Gasteiger partial charge in [0.2, 0.25) is 0 Å². The van der Waals surface area contributed by atoms with Crippen molar-refractivity contribution in [2.24, 2.45) is 0 Å². The molecule has 0 aromatic carbocycles. The van der Waals surface area contributed by atoms with Gasteiger partial charge in [-0.15, -0.1) is 0 Å². The van der Waals surface area contributed by atoms with Gasteiger partial charge in [-0.05, 0) is 26.8 Å². The summed E-state index contributed by atoms with van der Waals surface area (Å²) in [6.07, 6.45) is 2.39. The molecule has 1 aliphatic carbocycles. The smallest absolute Gasteiger partial charge is 0.137 e. The Labute approximate surface area is 131 Å². The first-order valence-electron chi connectivity index (χ1n) is 7.82. The standard InChI is InChI=1S/C15H24ClN5/c1-11-13(16)18-15(12-3-4-12)19-14(11)17-5-6-21-9-7-20(2)8-10-21/h12H,3-10H2,1-2H3,(H,17,18,19). The molecule has 0 spiro atoms. The van der Waals surface area contributed by atoms with Gasteiger partial charge in [0, 0.05) is 50.7 Å². The van der Waals surface area contributed by atoms with E-state index in [9.17, 15) is 0 Å². The van der Waals surface area contributed by atoms with Crippen LogP contribution < -0.4 is 5.32 Å². The van der Waals surface area contributed by atoms with E-state index in [2.05, 4.69) is 32.1 Å². The van der Waals surface area contributed by atoms with Crippen molar-refractivity contribution in [1.82, 2.24) is 19.8 Å². The van der Waals surface area contributed by atoms with Gasteiger partial charge in [-0.25, -0.2) is 9.97 Å². The molecule has 116 valence electrons. The van der Waals surface area contributed by atoms with Gasteiger partial charge in [0.05, 0.1) is 0 Å². The van der Waals surface area contributed by atoms with Gasteiger partial charge in [0.15, 0.2) is 0 Å². The lowest BCUT2D eigenvalue weighted by molar-refractivity contribution is 0.158. The second-order valence-corrected chi connectivity index (χ2v) is 6.55. The average molecular weight is 310 g/mol. The lowest BCUT2D eigenvalue weighted by Crippen LogP contribution is -2.45. The molecule has 6 heteroatoms. The quantitative estimate of drug-likeness (QED) is 0.843. The molecule has 0 radical (unpaired) electrons. The van der Waals surface area contributed by atoms with E-state index in [4.69, 9.17) is 11.6 Å². The molecule has 1 aromatic heterocycles. The minimum atomic E-state index is 0.529. The van der Waals surface area contributed by atoms with E-state index in [1.807, 2.05) is 6.92 Å². The minimum Gasteiger partial charge on any atom is -0.368 e. The SMILES string of the molecule is Cc1c(Cl)nc(C2CC2)nc1NCCN1CCN(C)CC1. The summed E-state index contributed by atoms with van der Waals surface area (Å²) in [5.74, 6) is 2.35. The molecule has 2 heterocycles. The van der Waals surface area contributed by atoms with E-state index in [1.54, 1.807) is 0 Å². The van der Waals surface area contributed by atoms with Crippen molar-refractivity contribution in [1.29, 1.82) is 0 Å². The van der Waals surface area contributed by atoms with Crippen LogP contribution in [0.5, 0.6) is 0 Å². The number of nitrogens with zero attached hydrogens (tertiary/aromatic N) is 4. The van der Waals surface area contributed by atoms with Crippen LogP contribution in [0.4, 0.5) is 5.82 Å². The number of anilines is 1. The van der Waals surface area contributed by atoms with Crippen LogP contribution in [-0.4, -0.2) is 66.1 Å². The van der Waals surface area contributed by atoms with E-state index >= 15 is 0 Å². The molecule has 1 saturated heterocycles. The Morgan fingerprint density at radius 2 is 1.90 bits per heavy atom.